The molecule has 0 aromatic carbocycles. The van der Waals surface area contributed by atoms with Crippen LogP contribution in [0, 0.1) is 5.92 Å². The number of hydrogen-bond acceptors (Lipinski definition) is 3. The summed E-state index contributed by atoms with van der Waals surface area (Å²) >= 11 is 0. The van der Waals surface area contributed by atoms with Gasteiger partial charge in [-0.05, 0) is 31.6 Å². The molecule has 2 aliphatic rings. The van der Waals surface area contributed by atoms with E-state index in [0.717, 1.165) is 12.8 Å². The van der Waals surface area contributed by atoms with Gasteiger partial charge in [0, 0.05) is 0 Å². The van der Waals surface area contributed by atoms with Crippen LogP contribution in [0.2, 0.25) is 0 Å². The van der Waals surface area contributed by atoms with Crippen molar-refractivity contribution < 1.29 is 14.3 Å². The fraction of sp³-hybridized carbons (Fsp3) is 0.778. The maximum atomic E-state index is 11.4. The van der Waals surface area contributed by atoms with Crippen LogP contribution in [0.3, 0.4) is 0 Å². The summed E-state index contributed by atoms with van der Waals surface area (Å²) in [6.07, 6.45) is 2.68. The molecule has 2 amide bonds. The number of ether oxygens (including phenoxy) is 1. The van der Waals surface area contributed by atoms with Gasteiger partial charge in [-0.2, -0.15) is 0 Å². The molecule has 4 heteroatoms. The highest BCUT2D eigenvalue weighted by Gasteiger charge is 2.50. The fourth-order valence-corrected chi connectivity index (χ4v) is 2.01. The predicted molar refractivity (Wildman–Crippen MR) is 45.0 cm³/mol. The topological polar surface area (TPSA) is 55.4 Å². The van der Waals surface area contributed by atoms with Gasteiger partial charge >= 0.3 is 6.09 Å². The van der Waals surface area contributed by atoms with Crippen molar-refractivity contribution in [2.45, 2.75) is 38.2 Å². The van der Waals surface area contributed by atoms with E-state index >= 15 is 0 Å². The van der Waals surface area contributed by atoms with E-state index in [1.54, 1.807) is 0 Å². The predicted octanol–water partition coefficient (Wildman–Crippen LogP) is 1.20. The SMILES string of the molecule is C[C@H]1CC[C@@]2(CC1)OC(=O)NC2=O. The monoisotopic (exact) mass is 183 g/mol. The van der Waals surface area contributed by atoms with Crippen molar-refractivity contribution in [1.29, 1.82) is 0 Å². The first kappa shape index (κ1) is 8.53. The Hall–Kier alpha value is -1.06. The maximum Gasteiger partial charge on any atom is 0.415 e. The lowest BCUT2D eigenvalue weighted by atomic mass is 9.79. The van der Waals surface area contributed by atoms with Gasteiger partial charge in [0.2, 0.25) is 0 Å². The van der Waals surface area contributed by atoms with Crippen LogP contribution in [0.5, 0.6) is 0 Å². The van der Waals surface area contributed by atoms with E-state index in [9.17, 15) is 9.59 Å². The number of imide groups is 1. The molecular formula is C9H13NO3. The lowest BCUT2D eigenvalue weighted by Crippen LogP contribution is -2.42. The number of amides is 2. The Morgan fingerprint density at radius 2 is 2.00 bits per heavy atom. The van der Waals surface area contributed by atoms with Crippen molar-refractivity contribution in [3.8, 4) is 0 Å². The molecule has 0 aromatic heterocycles. The van der Waals surface area contributed by atoms with Crippen LogP contribution in [0.1, 0.15) is 32.6 Å². The van der Waals surface area contributed by atoms with E-state index in [1.807, 2.05) is 0 Å². The summed E-state index contributed by atoms with van der Waals surface area (Å²) in [5.74, 6) is 0.391. The second-order valence-electron chi connectivity index (χ2n) is 4.02. The summed E-state index contributed by atoms with van der Waals surface area (Å²) < 4.78 is 5.05. The standard InChI is InChI=1S/C9H13NO3/c1-6-2-4-9(5-3-6)7(11)10-8(12)13-9/h6H,2-5H2,1H3,(H,10,11,12)/t6-,9-. The number of nitrogens with one attached hydrogen (secondary N) is 1. The molecule has 1 heterocycles. The average Bonchev–Trinajstić information content (AvgIpc) is 2.34. The van der Waals surface area contributed by atoms with Crippen molar-refractivity contribution in [2.75, 3.05) is 0 Å². The molecule has 2 rings (SSSR count). The minimum atomic E-state index is -0.816. The molecule has 1 aliphatic carbocycles. The normalized spacial score (nSPS) is 39.0. The van der Waals surface area contributed by atoms with Crippen LogP contribution < -0.4 is 5.32 Å². The van der Waals surface area contributed by atoms with Crippen LogP contribution in [0.25, 0.3) is 0 Å². The highest BCUT2D eigenvalue weighted by Crippen LogP contribution is 2.37. The minimum Gasteiger partial charge on any atom is -0.432 e. The zero-order chi connectivity index (χ0) is 9.47. The highest BCUT2D eigenvalue weighted by atomic mass is 16.6. The van der Waals surface area contributed by atoms with E-state index in [0.29, 0.717) is 18.8 Å². The van der Waals surface area contributed by atoms with Gasteiger partial charge in [0.05, 0.1) is 0 Å². The van der Waals surface area contributed by atoms with E-state index in [-0.39, 0.29) is 5.91 Å². The number of rotatable bonds is 0. The van der Waals surface area contributed by atoms with E-state index < -0.39 is 11.7 Å². The molecule has 0 aromatic rings. The Kier molecular flexibility index (Phi) is 1.78. The zero-order valence-corrected chi connectivity index (χ0v) is 7.63. The maximum absolute atomic E-state index is 11.4. The largest absolute Gasteiger partial charge is 0.432 e. The molecule has 1 saturated heterocycles. The van der Waals surface area contributed by atoms with Gasteiger partial charge in [-0.3, -0.25) is 10.1 Å². The molecule has 1 aliphatic heterocycles. The first-order valence-electron chi connectivity index (χ1n) is 4.67. The molecule has 13 heavy (non-hydrogen) atoms. The summed E-state index contributed by atoms with van der Waals surface area (Å²) in [5, 5.41) is 2.19. The third kappa shape index (κ3) is 1.30. The van der Waals surface area contributed by atoms with Crippen LogP contribution >= 0.6 is 0 Å². The van der Waals surface area contributed by atoms with Crippen molar-refractivity contribution in [3.05, 3.63) is 0 Å². The molecule has 0 bridgehead atoms. The molecule has 0 unspecified atom stereocenters. The lowest BCUT2D eigenvalue weighted by molar-refractivity contribution is -0.134. The Bertz CT molecular complexity index is 254. The Labute approximate surface area is 76.6 Å². The van der Waals surface area contributed by atoms with Gasteiger partial charge in [-0.1, -0.05) is 6.92 Å². The van der Waals surface area contributed by atoms with E-state index in [2.05, 4.69) is 12.2 Å². The number of carbonyl (C=O) groups excluding carboxylic acids is 2. The van der Waals surface area contributed by atoms with Crippen LogP contribution in [-0.4, -0.2) is 17.6 Å². The van der Waals surface area contributed by atoms with Gasteiger partial charge in [0.25, 0.3) is 5.91 Å². The number of alkyl carbamates (subject to hydrolysis) is 1. The lowest BCUT2D eigenvalue weighted by Gasteiger charge is -2.31. The molecule has 1 N–H and O–H groups in total. The molecule has 0 atom stereocenters. The zero-order valence-electron chi connectivity index (χ0n) is 7.63. The molecule has 4 nitrogen and oxygen atoms in total. The summed E-state index contributed by atoms with van der Waals surface area (Å²) in [6, 6.07) is 0. The second-order valence-corrected chi connectivity index (χ2v) is 4.02. The number of hydrogen-bond donors (Lipinski definition) is 1. The van der Waals surface area contributed by atoms with E-state index in [1.165, 1.54) is 0 Å². The minimum absolute atomic E-state index is 0.246. The smallest absolute Gasteiger partial charge is 0.415 e. The molecular weight excluding hydrogens is 170 g/mol. The van der Waals surface area contributed by atoms with Gasteiger partial charge in [0.1, 0.15) is 0 Å². The molecule has 1 spiro atoms. The highest BCUT2D eigenvalue weighted by molar-refractivity contribution is 6.02. The van der Waals surface area contributed by atoms with Gasteiger partial charge in [-0.25, -0.2) is 4.79 Å². The number of carbonyl (C=O) groups is 2. The van der Waals surface area contributed by atoms with Crippen molar-refractivity contribution in [1.82, 2.24) is 5.32 Å². The van der Waals surface area contributed by atoms with Crippen molar-refractivity contribution in [2.24, 2.45) is 5.92 Å². The average molecular weight is 183 g/mol. The van der Waals surface area contributed by atoms with Crippen molar-refractivity contribution in [3.63, 3.8) is 0 Å². The Morgan fingerprint density at radius 3 is 2.46 bits per heavy atom. The first-order chi connectivity index (χ1) is 6.12. The third-order valence-electron chi connectivity index (χ3n) is 3.00. The molecule has 0 radical (unpaired) electrons. The second kappa shape index (κ2) is 2.72. The Balaban J connectivity index is 2.13. The van der Waals surface area contributed by atoms with Gasteiger partial charge in [0.15, 0.2) is 5.60 Å². The Morgan fingerprint density at radius 1 is 1.38 bits per heavy atom. The first-order valence-corrected chi connectivity index (χ1v) is 4.67. The van der Waals surface area contributed by atoms with Gasteiger partial charge < -0.3 is 4.74 Å². The van der Waals surface area contributed by atoms with Crippen LogP contribution in [-0.2, 0) is 9.53 Å². The third-order valence-corrected chi connectivity index (χ3v) is 3.00. The molecule has 72 valence electrons. The summed E-state index contributed by atoms with van der Waals surface area (Å²) in [5.41, 5.74) is -0.816. The molecule has 1 saturated carbocycles. The van der Waals surface area contributed by atoms with E-state index in [4.69, 9.17) is 4.74 Å². The summed E-state index contributed by atoms with van der Waals surface area (Å²) in [4.78, 5) is 22.3. The summed E-state index contributed by atoms with van der Waals surface area (Å²) in [7, 11) is 0. The molecule has 2 fully saturated rings. The van der Waals surface area contributed by atoms with Crippen LogP contribution in [0.4, 0.5) is 4.79 Å². The van der Waals surface area contributed by atoms with Crippen LogP contribution in [0.15, 0.2) is 0 Å². The quantitative estimate of drug-likeness (QED) is 0.614. The summed E-state index contributed by atoms with van der Waals surface area (Å²) in [6.45, 7) is 2.15. The van der Waals surface area contributed by atoms with Gasteiger partial charge in [-0.15, -0.1) is 0 Å². The van der Waals surface area contributed by atoms with Crippen molar-refractivity contribution >= 4 is 12.0 Å². The fourth-order valence-electron chi connectivity index (χ4n) is 2.01.